The zero-order valence-electron chi connectivity index (χ0n) is 19.7. The van der Waals surface area contributed by atoms with Gasteiger partial charge in [-0.3, -0.25) is 4.79 Å². The first-order valence-electron chi connectivity index (χ1n) is 12.1. The van der Waals surface area contributed by atoms with E-state index in [0.29, 0.717) is 50.9 Å². The van der Waals surface area contributed by atoms with E-state index in [-0.39, 0.29) is 17.9 Å². The number of aromatic nitrogens is 3. The van der Waals surface area contributed by atoms with E-state index >= 15 is 0 Å². The fourth-order valence-electron chi connectivity index (χ4n) is 5.17. The molecule has 34 heavy (non-hydrogen) atoms. The molecular formula is C26H29N5O3. The SMILES string of the molecule is C[C@H]1COCCN1c1nc(N2CCOC[C@@H]2C)c2ccc(-c3ccc4c(c3)CC(=O)C4)nc2n1. The number of rotatable bonds is 3. The molecule has 0 amide bonds. The Morgan fingerprint density at radius 1 is 0.853 bits per heavy atom. The Morgan fingerprint density at radius 2 is 1.59 bits per heavy atom. The zero-order chi connectivity index (χ0) is 23.2. The minimum Gasteiger partial charge on any atom is -0.377 e. The molecule has 6 rings (SSSR count). The Kier molecular flexibility index (Phi) is 5.42. The fourth-order valence-corrected chi connectivity index (χ4v) is 5.17. The second-order valence-corrected chi connectivity index (χ2v) is 9.53. The van der Waals surface area contributed by atoms with Gasteiger partial charge in [-0.1, -0.05) is 12.1 Å². The Labute approximate surface area is 198 Å². The van der Waals surface area contributed by atoms with E-state index in [9.17, 15) is 4.79 Å². The number of pyridine rings is 1. The summed E-state index contributed by atoms with van der Waals surface area (Å²) >= 11 is 0. The van der Waals surface area contributed by atoms with Crippen LogP contribution >= 0.6 is 0 Å². The molecule has 4 heterocycles. The molecule has 2 aromatic heterocycles. The van der Waals surface area contributed by atoms with Gasteiger partial charge in [0.15, 0.2) is 5.65 Å². The fraction of sp³-hybridized carbons (Fsp3) is 0.462. The van der Waals surface area contributed by atoms with Crippen molar-refractivity contribution in [3.63, 3.8) is 0 Å². The molecule has 1 aliphatic carbocycles. The summed E-state index contributed by atoms with van der Waals surface area (Å²) in [6.45, 7) is 8.52. The van der Waals surface area contributed by atoms with E-state index in [1.807, 2.05) is 6.07 Å². The van der Waals surface area contributed by atoms with Gasteiger partial charge in [0.05, 0.1) is 49.6 Å². The number of nitrogens with zero attached hydrogens (tertiary/aromatic N) is 5. The average Bonchev–Trinajstić information content (AvgIpc) is 3.23. The Balaban J connectivity index is 1.47. The van der Waals surface area contributed by atoms with E-state index in [0.717, 1.165) is 46.7 Å². The van der Waals surface area contributed by atoms with Gasteiger partial charge in [0.2, 0.25) is 5.95 Å². The molecular weight excluding hydrogens is 430 g/mol. The van der Waals surface area contributed by atoms with E-state index < -0.39 is 0 Å². The van der Waals surface area contributed by atoms with Crippen LogP contribution in [0.3, 0.4) is 0 Å². The van der Waals surface area contributed by atoms with Gasteiger partial charge in [0.25, 0.3) is 0 Å². The molecule has 0 radical (unpaired) electrons. The second kappa shape index (κ2) is 8.60. The first-order chi connectivity index (χ1) is 16.6. The van der Waals surface area contributed by atoms with E-state index in [2.05, 4.69) is 47.9 Å². The maximum Gasteiger partial charge on any atom is 0.229 e. The smallest absolute Gasteiger partial charge is 0.229 e. The lowest BCUT2D eigenvalue weighted by molar-refractivity contribution is -0.117. The van der Waals surface area contributed by atoms with Crippen LogP contribution in [0.2, 0.25) is 0 Å². The summed E-state index contributed by atoms with van der Waals surface area (Å²) in [5.74, 6) is 1.88. The van der Waals surface area contributed by atoms with Gasteiger partial charge in [-0.15, -0.1) is 0 Å². The van der Waals surface area contributed by atoms with Crippen molar-refractivity contribution in [2.45, 2.75) is 38.8 Å². The number of ketones is 1. The lowest BCUT2D eigenvalue weighted by Crippen LogP contribution is -2.46. The van der Waals surface area contributed by atoms with E-state index in [4.69, 9.17) is 24.4 Å². The van der Waals surface area contributed by atoms with Gasteiger partial charge in [0, 0.05) is 31.5 Å². The molecule has 8 nitrogen and oxygen atoms in total. The van der Waals surface area contributed by atoms with Crippen LogP contribution in [-0.4, -0.2) is 72.3 Å². The molecule has 8 heteroatoms. The maximum absolute atomic E-state index is 11.9. The number of anilines is 2. The van der Waals surface area contributed by atoms with Crippen molar-refractivity contribution in [1.82, 2.24) is 15.0 Å². The first-order valence-corrected chi connectivity index (χ1v) is 12.1. The van der Waals surface area contributed by atoms with Crippen LogP contribution in [0, 0.1) is 0 Å². The quantitative estimate of drug-likeness (QED) is 0.592. The van der Waals surface area contributed by atoms with Gasteiger partial charge < -0.3 is 19.3 Å². The van der Waals surface area contributed by atoms with Crippen LogP contribution in [0.4, 0.5) is 11.8 Å². The zero-order valence-corrected chi connectivity index (χ0v) is 19.7. The summed E-state index contributed by atoms with van der Waals surface area (Å²) in [5.41, 5.74) is 4.79. The van der Waals surface area contributed by atoms with Crippen LogP contribution < -0.4 is 9.80 Å². The second-order valence-electron chi connectivity index (χ2n) is 9.53. The summed E-state index contributed by atoms with van der Waals surface area (Å²) in [4.78, 5) is 31.4. The summed E-state index contributed by atoms with van der Waals surface area (Å²) in [7, 11) is 0. The standard InChI is InChI=1S/C26H29N5O3/c1-16-14-33-9-7-30(16)25-22-5-6-23(19-4-3-18-12-21(32)13-20(18)11-19)27-24(22)28-26(29-25)31-8-10-34-15-17(31)2/h3-6,11,16-17H,7-10,12-15H2,1-2H3/t16-,17-/m0/s1. The van der Waals surface area contributed by atoms with E-state index in [1.54, 1.807) is 0 Å². The summed E-state index contributed by atoms with van der Waals surface area (Å²) in [6.07, 6.45) is 1.05. The Bertz CT molecular complexity index is 1260. The number of hydrogen-bond donors (Lipinski definition) is 0. The van der Waals surface area contributed by atoms with Crippen LogP contribution in [0.15, 0.2) is 30.3 Å². The number of carbonyl (C=O) groups is 1. The predicted octanol–water partition coefficient (Wildman–Crippen LogP) is 2.81. The van der Waals surface area contributed by atoms with Gasteiger partial charge >= 0.3 is 0 Å². The first kappa shape index (κ1) is 21.4. The number of fused-ring (bicyclic) bond motifs is 2. The predicted molar refractivity (Wildman–Crippen MR) is 130 cm³/mol. The Hall–Kier alpha value is -3.10. The van der Waals surface area contributed by atoms with Crippen molar-refractivity contribution >= 4 is 28.6 Å². The average molecular weight is 460 g/mol. The molecule has 0 bridgehead atoms. The molecule has 3 aliphatic rings. The lowest BCUT2D eigenvalue weighted by Gasteiger charge is -2.37. The van der Waals surface area contributed by atoms with Crippen LogP contribution in [0.25, 0.3) is 22.3 Å². The number of carbonyl (C=O) groups excluding carboxylic acids is 1. The monoisotopic (exact) mass is 459 g/mol. The molecule has 176 valence electrons. The van der Waals surface area contributed by atoms with Crippen molar-refractivity contribution < 1.29 is 14.3 Å². The third-order valence-corrected chi connectivity index (χ3v) is 7.07. The minimum atomic E-state index is 0.193. The topological polar surface area (TPSA) is 80.7 Å². The maximum atomic E-state index is 11.9. The normalized spacial score (nSPS) is 22.9. The number of ether oxygens (including phenoxy) is 2. The van der Waals surface area contributed by atoms with Crippen molar-refractivity contribution in [3.8, 4) is 11.3 Å². The third kappa shape index (κ3) is 3.80. The highest BCUT2D eigenvalue weighted by molar-refractivity contribution is 5.91. The number of benzene rings is 1. The van der Waals surface area contributed by atoms with Gasteiger partial charge in [-0.2, -0.15) is 9.97 Å². The van der Waals surface area contributed by atoms with Crippen molar-refractivity contribution in [2.75, 3.05) is 49.3 Å². The molecule has 1 aromatic carbocycles. The molecule has 2 aliphatic heterocycles. The molecule has 3 aromatic rings. The summed E-state index contributed by atoms with van der Waals surface area (Å²) in [5, 5.41) is 0.943. The van der Waals surface area contributed by atoms with Gasteiger partial charge in [0.1, 0.15) is 11.6 Å². The van der Waals surface area contributed by atoms with E-state index in [1.165, 1.54) is 0 Å². The molecule has 2 saturated heterocycles. The van der Waals surface area contributed by atoms with Crippen molar-refractivity contribution in [1.29, 1.82) is 0 Å². The molecule has 0 N–H and O–H groups in total. The largest absolute Gasteiger partial charge is 0.377 e. The van der Waals surface area contributed by atoms with Crippen molar-refractivity contribution in [2.24, 2.45) is 0 Å². The third-order valence-electron chi connectivity index (χ3n) is 7.07. The lowest BCUT2D eigenvalue weighted by atomic mass is 10.0. The highest BCUT2D eigenvalue weighted by Crippen LogP contribution is 2.32. The van der Waals surface area contributed by atoms with Gasteiger partial charge in [-0.25, -0.2) is 4.98 Å². The van der Waals surface area contributed by atoms with Crippen molar-refractivity contribution in [3.05, 3.63) is 41.5 Å². The molecule has 2 fully saturated rings. The number of morpholine rings is 2. The molecule has 0 spiro atoms. The molecule has 2 atom stereocenters. The van der Waals surface area contributed by atoms with Gasteiger partial charge in [-0.05, 0) is 43.2 Å². The van der Waals surface area contributed by atoms with Crippen LogP contribution in [0.5, 0.6) is 0 Å². The highest BCUT2D eigenvalue weighted by atomic mass is 16.5. The summed E-state index contributed by atoms with van der Waals surface area (Å²) < 4.78 is 11.3. The molecule has 0 saturated carbocycles. The number of hydrogen-bond acceptors (Lipinski definition) is 8. The summed E-state index contributed by atoms with van der Waals surface area (Å²) in [6, 6.07) is 10.8. The highest BCUT2D eigenvalue weighted by Gasteiger charge is 2.27. The minimum absolute atomic E-state index is 0.193. The Morgan fingerprint density at radius 3 is 2.35 bits per heavy atom. The number of Topliss-reactive ketones (excluding diaryl/α,β-unsaturated/α-hetero) is 1. The van der Waals surface area contributed by atoms with Crippen LogP contribution in [-0.2, 0) is 27.1 Å². The van der Waals surface area contributed by atoms with Crippen LogP contribution in [0.1, 0.15) is 25.0 Å². The molecule has 0 unspecified atom stereocenters.